The van der Waals surface area contributed by atoms with Crippen LogP contribution in [0.4, 0.5) is 4.39 Å². The first kappa shape index (κ1) is 11.9. The molecule has 0 N–H and O–H groups in total. The van der Waals surface area contributed by atoms with Gasteiger partial charge in [0.05, 0.1) is 6.67 Å². The highest BCUT2D eigenvalue weighted by molar-refractivity contribution is 4.83. The van der Waals surface area contributed by atoms with E-state index in [4.69, 9.17) is 0 Å². The third kappa shape index (κ3) is 3.21. The minimum atomic E-state index is -0.190. The van der Waals surface area contributed by atoms with Gasteiger partial charge in [0.2, 0.25) is 0 Å². The number of likely N-dealkylation sites (N-methyl/N-ethyl adjacent to an activating group) is 1. The lowest BCUT2D eigenvalue weighted by atomic mass is 10.2. The molecule has 1 aliphatic heterocycles. The van der Waals surface area contributed by atoms with Crippen LogP contribution in [0.25, 0.3) is 0 Å². The van der Waals surface area contributed by atoms with Crippen LogP contribution in [0.3, 0.4) is 0 Å². The first-order valence-corrected chi connectivity index (χ1v) is 5.65. The van der Waals surface area contributed by atoms with Crippen LogP contribution < -0.4 is 0 Å². The molecular formula is C11H23FN2. The monoisotopic (exact) mass is 202 g/mol. The van der Waals surface area contributed by atoms with Gasteiger partial charge in [0.1, 0.15) is 0 Å². The van der Waals surface area contributed by atoms with Gasteiger partial charge < -0.3 is 4.90 Å². The molecule has 0 aliphatic carbocycles. The minimum Gasteiger partial charge on any atom is -0.302 e. The molecule has 1 atom stereocenters. The molecule has 0 radical (unpaired) electrons. The maximum atomic E-state index is 12.0. The summed E-state index contributed by atoms with van der Waals surface area (Å²) in [6, 6.07) is 1.29. The van der Waals surface area contributed by atoms with Crippen LogP contribution in [0.2, 0.25) is 0 Å². The highest BCUT2D eigenvalue weighted by Gasteiger charge is 2.26. The quantitative estimate of drug-likeness (QED) is 0.670. The largest absolute Gasteiger partial charge is 0.302 e. The van der Waals surface area contributed by atoms with Crippen molar-refractivity contribution in [1.29, 1.82) is 0 Å². The Balaban J connectivity index is 2.26. The molecule has 84 valence electrons. The Morgan fingerprint density at radius 1 is 1.50 bits per heavy atom. The second-order valence-electron chi connectivity index (χ2n) is 4.55. The number of nitrogens with zero attached hydrogens (tertiary/aromatic N) is 2. The molecule has 1 heterocycles. The van der Waals surface area contributed by atoms with Gasteiger partial charge in [-0.1, -0.05) is 0 Å². The fourth-order valence-electron chi connectivity index (χ4n) is 2.09. The van der Waals surface area contributed by atoms with Crippen molar-refractivity contribution in [2.45, 2.75) is 38.8 Å². The second-order valence-corrected chi connectivity index (χ2v) is 4.55. The highest BCUT2D eigenvalue weighted by atomic mass is 19.1. The van der Waals surface area contributed by atoms with Crippen molar-refractivity contribution in [3.63, 3.8) is 0 Å². The van der Waals surface area contributed by atoms with E-state index >= 15 is 0 Å². The van der Waals surface area contributed by atoms with Gasteiger partial charge in [-0.25, -0.2) is 0 Å². The van der Waals surface area contributed by atoms with E-state index in [9.17, 15) is 4.39 Å². The van der Waals surface area contributed by atoms with Crippen LogP contribution in [-0.4, -0.2) is 55.2 Å². The van der Waals surface area contributed by atoms with Gasteiger partial charge in [0, 0.05) is 31.7 Å². The number of rotatable bonds is 5. The molecule has 1 aliphatic rings. The van der Waals surface area contributed by atoms with Crippen LogP contribution in [0.5, 0.6) is 0 Å². The van der Waals surface area contributed by atoms with Crippen LogP contribution in [-0.2, 0) is 0 Å². The lowest BCUT2D eigenvalue weighted by molar-refractivity contribution is 0.208. The number of halogens is 1. The fraction of sp³-hybridized carbons (Fsp3) is 1.00. The van der Waals surface area contributed by atoms with Gasteiger partial charge in [-0.15, -0.1) is 0 Å². The first-order chi connectivity index (χ1) is 6.65. The van der Waals surface area contributed by atoms with Crippen LogP contribution in [0, 0.1) is 0 Å². The van der Waals surface area contributed by atoms with E-state index in [2.05, 4.69) is 30.7 Å². The zero-order chi connectivity index (χ0) is 10.6. The maximum absolute atomic E-state index is 12.0. The predicted octanol–water partition coefficient (Wildman–Crippen LogP) is 1.76. The average Bonchev–Trinajstić information content (AvgIpc) is 2.62. The van der Waals surface area contributed by atoms with Gasteiger partial charge in [0.25, 0.3) is 0 Å². The number of hydrogen-bond donors (Lipinski definition) is 0. The van der Waals surface area contributed by atoms with Crippen molar-refractivity contribution in [2.75, 3.05) is 33.4 Å². The zero-order valence-electron chi connectivity index (χ0n) is 9.67. The molecule has 0 spiro atoms. The predicted molar refractivity (Wildman–Crippen MR) is 58.3 cm³/mol. The van der Waals surface area contributed by atoms with Crippen molar-refractivity contribution in [3.8, 4) is 0 Å². The molecule has 1 saturated heterocycles. The molecule has 0 bridgehead atoms. The molecule has 0 saturated carbocycles. The van der Waals surface area contributed by atoms with E-state index in [-0.39, 0.29) is 6.67 Å². The standard InChI is InChI=1S/C11H23FN2/c1-10(2)14-8-5-11(9-14)13(3)7-4-6-12/h10-11H,4-9H2,1-3H3/t11-/m0/s1. The summed E-state index contributed by atoms with van der Waals surface area (Å²) in [5.74, 6) is 0. The fourth-order valence-corrected chi connectivity index (χ4v) is 2.09. The molecule has 3 heteroatoms. The second kappa shape index (κ2) is 5.66. The molecule has 1 rings (SSSR count). The van der Waals surface area contributed by atoms with E-state index in [1.165, 1.54) is 13.0 Å². The first-order valence-electron chi connectivity index (χ1n) is 5.65. The third-order valence-electron chi connectivity index (χ3n) is 3.19. The molecule has 14 heavy (non-hydrogen) atoms. The summed E-state index contributed by atoms with van der Waals surface area (Å²) in [5.41, 5.74) is 0. The van der Waals surface area contributed by atoms with E-state index in [1.807, 2.05) is 0 Å². The summed E-state index contributed by atoms with van der Waals surface area (Å²) < 4.78 is 12.0. The summed E-state index contributed by atoms with van der Waals surface area (Å²) >= 11 is 0. The molecule has 0 aromatic carbocycles. The Hall–Kier alpha value is -0.150. The van der Waals surface area contributed by atoms with Crippen molar-refractivity contribution in [1.82, 2.24) is 9.80 Å². The lowest BCUT2D eigenvalue weighted by Gasteiger charge is -2.25. The summed E-state index contributed by atoms with van der Waals surface area (Å²) in [4.78, 5) is 4.80. The van der Waals surface area contributed by atoms with Crippen molar-refractivity contribution in [2.24, 2.45) is 0 Å². The Morgan fingerprint density at radius 3 is 2.71 bits per heavy atom. The Bertz CT molecular complexity index is 161. The molecule has 2 nitrogen and oxygen atoms in total. The smallest absolute Gasteiger partial charge is 0.0906 e. The van der Waals surface area contributed by atoms with Gasteiger partial charge >= 0.3 is 0 Å². The van der Waals surface area contributed by atoms with Crippen molar-refractivity contribution < 1.29 is 4.39 Å². The molecule has 0 aromatic rings. The van der Waals surface area contributed by atoms with Crippen LogP contribution in [0.15, 0.2) is 0 Å². The van der Waals surface area contributed by atoms with E-state index in [0.717, 1.165) is 13.1 Å². The summed E-state index contributed by atoms with van der Waals surface area (Å²) in [5, 5.41) is 0. The molecule has 0 amide bonds. The van der Waals surface area contributed by atoms with E-state index in [1.54, 1.807) is 0 Å². The third-order valence-corrected chi connectivity index (χ3v) is 3.19. The topological polar surface area (TPSA) is 6.48 Å². The summed E-state index contributed by atoms with van der Waals surface area (Å²) in [7, 11) is 2.12. The van der Waals surface area contributed by atoms with Gasteiger partial charge in [-0.3, -0.25) is 9.29 Å². The SMILES string of the molecule is CC(C)N1CC[C@H](N(C)CCCF)C1. The Labute approximate surface area is 87.1 Å². The normalized spacial score (nSPS) is 24.0. The number of alkyl halides is 1. The van der Waals surface area contributed by atoms with Crippen LogP contribution in [0.1, 0.15) is 26.7 Å². The maximum Gasteiger partial charge on any atom is 0.0906 e. The zero-order valence-corrected chi connectivity index (χ0v) is 9.67. The Kier molecular flexibility index (Phi) is 4.82. The number of hydrogen-bond acceptors (Lipinski definition) is 2. The van der Waals surface area contributed by atoms with E-state index < -0.39 is 0 Å². The highest BCUT2D eigenvalue weighted by Crippen LogP contribution is 2.16. The Morgan fingerprint density at radius 2 is 2.21 bits per heavy atom. The minimum absolute atomic E-state index is 0.190. The summed E-state index contributed by atoms with van der Waals surface area (Å²) in [6.07, 6.45) is 1.91. The van der Waals surface area contributed by atoms with Gasteiger partial charge in [-0.05, 0) is 33.7 Å². The molecule has 0 aromatic heterocycles. The van der Waals surface area contributed by atoms with Crippen molar-refractivity contribution in [3.05, 3.63) is 0 Å². The molecular weight excluding hydrogens is 179 g/mol. The number of likely N-dealkylation sites (tertiary alicyclic amines) is 1. The summed E-state index contributed by atoms with van der Waals surface area (Å²) in [6.45, 7) is 7.54. The average molecular weight is 202 g/mol. The van der Waals surface area contributed by atoms with Gasteiger partial charge in [-0.2, -0.15) is 0 Å². The molecule has 0 unspecified atom stereocenters. The van der Waals surface area contributed by atoms with Gasteiger partial charge in [0.15, 0.2) is 0 Å². The lowest BCUT2D eigenvalue weighted by Crippen LogP contribution is -2.37. The van der Waals surface area contributed by atoms with E-state index in [0.29, 0.717) is 18.5 Å². The van der Waals surface area contributed by atoms with Crippen LogP contribution >= 0.6 is 0 Å². The molecule has 1 fully saturated rings. The van der Waals surface area contributed by atoms with Crippen molar-refractivity contribution >= 4 is 0 Å².